The summed E-state index contributed by atoms with van der Waals surface area (Å²) in [6.07, 6.45) is 3.80. The predicted molar refractivity (Wildman–Crippen MR) is 77.8 cm³/mol. The van der Waals surface area contributed by atoms with Crippen LogP contribution in [0.2, 0.25) is 0 Å². The van der Waals surface area contributed by atoms with E-state index in [0.29, 0.717) is 0 Å². The molecule has 2 heterocycles. The lowest BCUT2D eigenvalue weighted by molar-refractivity contribution is 0.562. The third kappa shape index (κ3) is 2.66. The van der Waals surface area contributed by atoms with Crippen LogP contribution in [0.25, 0.3) is 10.9 Å². The fraction of sp³-hybridized carbons (Fsp3) is 0.188. The van der Waals surface area contributed by atoms with Crippen molar-refractivity contribution in [1.82, 2.24) is 15.3 Å². The third-order valence-electron chi connectivity index (χ3n) is 3.36. The molecule has 3 heteroatoms. The quantitative estimate of drug-likeness (QED) is 0.746. The lowest BCUT2D eigenvalue weighted by Crippen LogP contribution is -2.18. The molecule has 0 fully saturated rings. The number of nitrogens with one attached hydrogen (secondary N) is 2. The van der Waals surface area contributed by atoms with Crippen LogP contribution in [0.5, 0.6) is 0 Å². The molecule has 1 atom stereocenters. The first kappa shape index (κ1) is 11.9. The lowest BCUT2D eigenvalue weighted by Gasteiger charge is -2.13. The number of H-pyrrole nitrogens is 1. The second kappa shape index (κ2) is 5.24. The van der Waals surface area contributed by atoms with Crippen molar-refractivity contribution in [2.24, 2.45) is 0 Å². The number of rotatable bonds is 4. The summed E-state index contributed by atoms with van der Waals surface area (Å²) in [7, 11) is 0. The first-order valence-electron chi connectivity index (χ1n) is 6.53. The summed E-state index contributed by atoms with van der Waals surface area (Å²) in [5.74, 6) is 0. The van der Waals surface area contributed by atoms with Crippen LogP contribution in [0.15, 0.2) is 54.9 Å². The van der Waals surface area contributed by atoms with Gasteiger partial charge in [-0.1, -0.05) is 18.2 Å². The molecule has 0 aliphatic heterocycles. The van der Waals surface area contributed by atoms with E-state index in [1.54, 1.807) is 0 Å². The maximum Gasteiger partial charge on any atom is 0.0570 e. The van der Waals surface area contributed by atoms with Crippen LogP contribution >= 0.6 is 0 Å². The minimum atomic E-state index is 0.250. The normalized spacial score (nSPS) is 12.7. The number of aromatic nitrogens is 2. The van der Waals surface area contributed by atoms with Crippen LogP contribution in [-0.2, 0) is 6.54 Å². The molecule has 3 nitrogen and oxygen atoms in total. The molecule has 0 amide bonds. The Morgan fingerprint density at radius 2 is 2.16 bits per heavy atom. The van der Waals surface area contributed by atoms with Gasteiger partial charge in [0.1, 0.15) is 0 Å². The summed E-state index contributed by atoms with van der Waals surface area (Å²) < 4.78 is 0. The standard InChI is InChI=1S/C16H17N3/c1-12(15-4-2-3-8-17-15)19-11-13-5-6-14-7-9-18-16(14)10-13/h2-10,12,18-19H,11H2,1H3/t12-/m1/s1. The smallest absolute Gasteiger partial charge is 0.0570 e. The van der Waals surface area contributed by atoms with Crippen molar-refractivity contribution in [2.75, 3.05) is 0 Å². The Kier molecular flexibility index (Phi) is 3.29. The highest BCUT2D eigenvalue weighted by atomic mass is 14.9. The van der Waals surface area contributed by atoms with Crippen LogP contribution in [0.4, 0.5) is 0 Å². The van der Waals surface area contributed by atoms with E-state index in [1.165, 1.54) is 16.5 Å². The van der Waals surface area contributed by atoms with Crippen molar-refractivity contribution in [1.29, 1.82) is 0 Å². The van der Waals surface area contributed by atoms with Crippen molar-refractivity contribution in [2.45, 2.75) is 19.5 Å². The molecule has 0 spiro atoms. The number of benzene rings is 1. The van der Waals surface area contributed by atoms with Crippen LogP contribution in [0.3, 0.4) is 0 Å². The molecule has 0 radical (unpaired) electrons. The summed E-state index contributed by atoms with van der Waals surface area (Å²) in [6.45, 7) is 2.97. The van der Waals surface area contributed by atoms with E-state index in [4.69, 9.17) is 0 Å². The summed E-state index contributed by atoms with van der Waals surface area (Å²) in [6, 6.07) is 14.8. The molecule has 0 aliphatic rings. The zero-order valence-corrected chi connectivity index (χ0v) is 10.9. The molecule has 0 bridgehead atoms. The number of nitrogens with zero attached hydrogens (tertiary/aromatic N) is 1. The minimum absolute atomic E-state index is 0.250. The summed E-state index contributed by atoms with van der Waals surface area (Å²) >= 11 is 0. The van der Waals surface area contributed by atoms with Gasteiger partial charge in [-0.05, 0) is 42.1 Å². The van der Waals surface area contributed by atoms with Gasteiger partial charge in [0, 0.05) is 30.5 Å². The second-order valence-electron chi connectivity index (χ2n) is 4.76. The van der Waals surface area contributed by atoms with Gasteiger partial charge in [-0.3, -0.25) is 4.98 Å². The summed E-state index contributed by atoms with van der Waals surface area (Å²) in [5.41, 5.74) is 3.53. The number of pyridine rings is 1. The van der Waals surface area contributed by atoms with Gasteiger partial charge in [-0.25, -0.2) is 0 Å². The first-order valence-corrected chi connectivity index (χ1v) is 6.53. The minimum Gasteiger partial charge on any atom is -0.361 e. The molecule has 0 aliphatic carbocycles. The molecule has 96 valence electrons. The highest BCUT2D eigenvalue weighted by Crippen LogP contribution is 2.15. The van der Waals surface area contributed by atoms with E-state index < -0.39 is 0 Å². The van der Waals surface area contributed by atoms with E-state index in [1.807, 2.05) is 30.6 Å². The maximum absolute atomic E-state index is 4.36. The Morgan fingerprint density at radius 3 is 3.00 bits per heavy atom. The molecular formula is C16H17N3. The van der Waals surface area contributed by atoms with Crippen LogP contribution in [-0.4, -0.2) is 9.97 Å². The molecule has 1 aromatic carbocycles. The fourth-order valence-electron chi connectivity index (χ4n) is 2.21. The van der Waals surface area contributed by atoms with Crippen molar-refractivity contribution in [3.8, 4) is 0 Å². The Balaban J connectivity index is 1.68. The monoisotopic (exact) mass is 251 g/mol. The lowest BCUT2D eigenvalue weighted by atomic mass is 10.1. The van der Waals surface area contributed by atoms with Gasteiger partial charge in [0.25, 0.3) is 0 Å². The van der Waals surface area contributed by atoms with Gasteiger partial charge in [-0.15, -0.1) is 0 Å². The number of hydrogen-bond donors (Lipinski definition) is 2. The van der Waals surface area contributed by atoms with Crippen LogP contribution in [0, 0.1) is 0 Å². The van der Waals surface area contributed by atoms with Gasteiger partial charge >= 0.3 is 0 Å². The molecule has 0 saturated carbocycles. The zero-order valence-electron chi connectivity index (χ0n) is 10.9. The molecular weight excluding hydrogens is 234 g/mol. The number of hydrogen-bond acceptors (Lipinski definition) is 2. The van der Waals surface area contributed by atoms with E-state index in [2.05, 4.69) is 46.5 Å². The van der Waals surface area contributed by atoms with E-state index in [-0.39, 0.29) is 6.04 Å². The topological polar surface area (TPSA) is 40.7 Å². The van der Waals surface area contributed by atoms with Crippen molar-refractivity contribution < 1.29 is 0 Å². The molecule has 19 heavy (non-hydrogen) atoms. The average Bonchev–Trinajstić information content (AvgIpc) is 2.93. The number of fused-ring (bicyclic) bond motifs is 1. The van der Waals surface area contributed by atoms with Gasteiger partial charge in [-0.2, -0.15) is 0 Å². The van der Waals surface area contributed by atoms with Gasteiger partial charge in [0.2, 0.25) is 0 Å². The van der Waals surface area contributed by atoms with E-state index in [0.717, 1.165) is 12.2 Å². The SMILES string of the molecule is C[C@@H](NCc1ccc2cc[nH]c2c1)c1ccccn1. The van der Waals surface area contributed by atoms with Crippen molar-refractivity contribution >= 4 is 10.9 Å². The van der Waals surface area contributed by atoms with E-state index in [9.17, 15) is 0 Å². The fourth-order valence-corrected chi connectivity index (χ4v) is 2.21. The van der Waals surface area contributed by atoms with Gasteiger partial charge in [0.15, 0.2) is 0 Å². The van der Waals surface area contributed by atoms with Crippen LogP contribution < -0.4 is 5.32 Å². The Morgan fingerprint density at radius 1 is 1.21 bits per heavy atom. The van der Waals surface area contributed by atoms with Gasteiger partial charge in [0.05, 0.1) is 5.69 Å². The first-order chi connectivity index (χ1) is 9.33. The molecule has 0 unspecified atom stereocenters. The average molecular weight is 251 g/mol. The second-order valence-corrected chi connectivity index (χ2v) is 4.76. The summed E-state index contributed by atoms with van der Waals surface area (Å²) in [4.78, 5) is 7.60. The molecule has 2 N–H and O–H groups in total. The molecule has 2 aromatic heterocycles. The highest BCUT2D eigenvalue weighted by molar-refractivity contribution is 5.79. The number of aromatic amines is 1. The maximum atomic E-state index is 4.36. The van der Waals surface area contributed by atoms with E-state index >= 15 is 0 Å². The Labute approximate surface area is 112 Å². The van der Waals surface area contributed by atoms with Crippen LogP contribution in [0.1, 0.15) is 24.2 Å². The molecule has 0 saturated heterocycles. The predicted octanol–water partition coefficient (Wildman–Crippen LogP) is 3.41. The third-order valence-corrected chi connectivity index (χ3v) is 3.36. The van der Waals surface area contributed by atoms with Crippen molar-refractivity contribution in [3.63, 3.8) is 0 Å². The molecule has 3 rings (SSSR count). The van der Waals surface area contributed by atoms with Gasteiger partial charge < -0.3 is 10.3 Å². The van der Waals surface area contributed by atoms with Crippen molar-refractivity contribution in [3.05, 3.63) is 66.1 Å². The molecule has 3 aromatic rings. The highest BCUT2D eigenvalue weighted by Gasteiger charge is 2.05. The summed E-state index contributed by atoms with van der Waals surface area (Å²) in [5, 5.41) is 4.75. The Bertz CT molecular complexity index is 658. The largest absolute Gasteiger partial charge is 0.361 e. The Hall–Kier alpha value is -2.13. The zero-order chi connectivity index (χ0) is 13.1.